The molecule has 3 rings (SSSR count). The van der Waals surface area contributed by atoms with Crippen LogP contribution in [0.2, 0.25) is 4.34 Å². The van der Waals surface area contributed by atoms with Crippen LogP contribution in [0, 0.1) is 0 Å². The standard InChI is InChI=1S/C13H14ClNOS2/c14-12-4-3-11(18-12)13(10-2-1-7-17-10)15-9-5-6-16-8-9/h1-4,7,9,13,15H,5-6,8H2. The summed E-state index contributed by atoms with van der Waals surface area (Å²) in [5.74, 6) is 0. The zero-order valence-electron chi connectivity index (χ0n) is 9.77. The largest absolute Gasteiger partial charge is 0.380 e. The molecule has 0 aromatic carbocycles. The third-order valence-corrected chi connectivity index (χ3v) is 5.27. The van der Waals surface area contributed by atoms with Crippen molar-refractivity contribution in [1.29, 1.82) is 0 Å². The number of hydrogen-bond acceptors (Lipinski definition) is 4. The minimum Gasteiger partial charge on any atom is -0.380 e. The van der Waals surface area contributed by atoms with Crippen molar-refractivity contribution in [2.45, 2.75) is 18.5 Å². The average Bonchev–Trinajstić information content (AvgIpc) is 3.09. The molecule has 2 atom stereocenters. The molecule has 0 bridgehead atoms. The quantitative estimate of drug-likeness (QED) is 0.923. The van der Waals surface area contributed by atoms with E-state index in [1.165, 1.54) is 9.75 Å². The van der Waals surface area contributed by atoms with Crippen molar-refractivity contribution in [3.63, 3.8) is 0 Å². The Morgan fingerprint density at radius 3 is 2.89 bits per heavy atom. The molecular formula is C13H14ClNOS2. The number of halogens is 1. The van der Waals surface area contributed by atoms with Gasteiger partial charge in [-0.2, -0.15) is 0 Å². The first-order valence-corrected chi connectivity index (χ1v) is 8.03. The summed E-state index contributed by atoms with van der Waals surface area (Å²) in [5.41, 5.74) is 0. The highest BCUT2D eigenvalue weighted by Gasteiger charge is 2.23. The van der Waals surface area contributed by atoms with E-state index in [0.717, 1.165) is 24.0 Å². The monoisotopic (exact) mass is 299 g/mol. The number of ether oxygens (including phenoxy) is 1. The maximum atomic E-state index is 6.05. The van der Waals surface area contributed by atoms with E-state index in [4.69, 9.17) is 16.3 Å². The van der Waals surface area contributed by atoms with Crippen LogP contribution in [0.5, 0.6) is 0 Å². The van der Waals surface area contributed by atoms with Gasteiger partial charge in [0, 0.05) is 22.4 Å². The van der Waals surface area contributed by atoms with Crippen LogP contribution in [0.1, 0.15) is 22.2 Å². The lowest BCUT2D eigenvalue weighted by molar-refractivity contribution is 0.189. The maximum Gasteiger partial charge on any atom is 0.0931 e. The molecule has 2 aromatic rings. The average molecular weight is 300 g/mol. The van der Waals surface area contributed by atoms with E-state index in [1.807, 2.05) is 6.07 Å². The molecular weight excluding hydrogens is 286 g/mol. The van der Waals surface area contributed by atoms with Gasteiger partial charge in [-0.05, 0) is 30.0 Å². The third kappa shape index (κ3) is 2.78. The van der Waals surface area contributed by atoms with E-state index in [0.29, 0.717) is 6.04 Å². The first-order chi connectivity index (χ1) is 8.83. The second kappa shape index (κ2) is 5.72. The Labute approximate surface area is 120 Å². The minimum absolute atomic E-state index is 0.245. The van der Waals surface area contributed by atoms with Crippen LogP contribution in [0.15, 0.2) is 29.6 Å². The van der Waals surface area contributed by atoms with Crippen LogP contribution in [-0.2, 0) is 4.74 Å². The second-order valence-electron chi connectivity index (χ2n) is 4.32. The Hall–Kier alpha value is -0.390. The molecule has 2 nitrogen and oxygen atoms in total. The van der Waals surface area contributed by atoms with E-state index in [-0.39, 0.29) is 6.04 Å². The lowest BCUT2D eigenvalue weighted by Gasteiger charge is -2.20. The predicted octanol–water partition coefficient (Wildman–Crippen LogP) is 3.93. The molecule has 1 fully saturated rings. The van der Waals surface area contributed by atoms with Crippen LogP contribution in [0.4, 0.5) is 0 Å². The van der Waals surface area contributed by atoms with E-state index in [9.17, 15) is 0 Å². The first kappa shape index (κ1) is 12.6. The number of nitrogens with one attached hydrogen (secondary N) is 1. The molecule has 0 radical (unpaired) electrons. The fraction of sp³-hybridized carbons (Fsp3) is 0.385. The van der Waals surface area contributed by atoms with Gasteiger partial charge in [-0.3, -0.25) is 5.32 Å². The molecule has 0 saturated carbocycles. The highest BCUT2D eigenvalue weighted by atomic mass is 35.5. The molecule has 2 unspecified atom stereocenters. The van der Waals surface area contributed by atoms with Crippen LogP contribution in [0.25, 0.3) is 0 Å². The molecule has 0 spiro atoms. The van der Waals surface area contributed by atoms with Gasteiger partial charge in [-0.25, -0.2) is 0 Å². The smallest absolute Gasteiger partial charge is 0.0931 e. The van der Waals surface area contributed by atoms with Gasteiger partial charge in [0.2, 0.25) is 0 Å². The molecule has 1 saturated heterocycles. The first-order valence-electron chi connectivity index (χ1n) is 5.95. The van der Waals surface area contributed by atoms with Crippen molar-refractivity contribution in [3.8, 4) is 0 Å². The zero-order valence-corrected chi connectivity index (χ0v) is 12.2. The fourth-order valence-corrected chi connectivity index (χ4v) is 4.16. The summed E-state index contributed by atoms with van der Waals surface area (Å²) in [6.07, 6.45) is 1.08. The van der Waals surface area contributed by atoms with E-state index < -0.39 is 0 Å². The zero-order chi connectivity index (χ0) is 12.4. The number of thiophene rings is 2. The molecule has 0 amide bonds. The molecule has 1 aliphatic heterocycles. The fourth-order valence-electron chi connectivity index (χ4n) is 2.15. The lowest BCUT2D eigenvalue weighted by Crippen LogP contribution is -2.33. The highest BCUT2D eigenvalue weighted by molar-refractivity contribution is 7.16. The Morgan fingerprint density at radius 1 is 1.33 bits per heavy atom. The van der Waals surface area contributed by atoms with Crippen molar-refractivity contribution in [3.05, 3.63) is 43.7 Å². The van der Waals surface area contributed by atoms with Gasteiger partial charge in [0.05, 0.1) is 17.0 Å². The van der Waals surface area contributed by atoms with Gasteiger partial charge in [-0.15, -0.1) is 22.7 Å². The van der Waals surface area contributed by atoms with Crippen molar-refractivity contribution in [2.24, 2.45) is 0 Å². The SMILES string of the molecule is Clc1ccc(C(NC2CCOC2)c2cccs2)s1. The Morgan fingerprint density at radius 2 is 2.28 bits per heavy atom. The number of hydrogen-bond donors (Lipinski definition) is 1. The molecule has 96 valence electrons. The van der Waals surface area contributed by atoms with Crippen molar-refractivity contribution in [1.82, 2.24) is 5.32 Å². The van der Waals surface area contributed by atoms with E-state index in [2.05, 4.69) is 28.9 Å². The van der Waals surface area contributed by atoms with Gasteiger partial charge >= 0.3 is 0 Å². The number of rotatable bonds is 4. The molecule has 18 heavy (non-hydrogen) atoms. The predicted molar refractivity (Wildman–Crippen MR) is 77.9 cm³/mol. The topological polar surface area (TPSA) is 21.3 Å². The molecule has 2 aromatic heterocycles. The van der Waals surface area contributed by atoms with Crippen molar-refractivity contribution < 1.29 is 4.74 Å². The Balaban J connectivity index is 1.83. The molecule has 5 heteroatoms. The lowest BCUT2D eigenvalue weighted by atomic mass is 10.1. The second-order valence-corrected chi connectivity index (χ2v) is 7.04. The van der Waals surface area contributed by atoms with Crippen molar-refractivity contribution in [2.75, 3.05) is 13.2 Å². The Bertz CT molecular complexity index is 491. The van der Waals surface area contributed by atoms with Gasteiger partial charge in [-0.1, -0.05) is 17.7 Å². The van der Waals surface area contributed by atoms with Gasteiger partial charge in [0.15, 0.2) is 0 Å². The normalized spacial score (nSPS) is 21.3. The highest BCUT2D eigenvalue weighted by Crippen LogP contribution is 2.33. The van der Waals surface area contributed by atoms with Gasteiger partial charge in [0.1, 0.15) is 0 Å². The van der Waals surface area contributed by atoms with E-state index >= 15 is 0 Å². The summed E-state index contributed by atoms with van der Waals surface area (Å²) in [5, 5.41) is 5.80. The summed E-state index contributed by atoms with van der Waals surface area (Å²) < 4.78 is 6.28. The summed E-state index contributed by atoms with van der Waals surface area (Å²) in [6, 6.07) is 9.03. The van der Waals surface area contributed by atoms with Crippen LogP contribution in [-0.4, -0.2) is 19.3 Å². The summed E-state index contributed by atoms with van der Waals surface area (Å²) in [6.45, 7) is 1.67. The summed E-state index contributed by atoms with van der Waals surface area (Å²) in [4.78, 5) is 2.61. The van der Waals surface area contributed by atoms with Gasteiger partial charge in [0.25, 0.3) is 0 Å². The Kier molecular flexibility index (Phi) is 4.01. The summed E-state index contributed by atoms with van der Waals surface area (Å²) in [7, 11) is 0. The molecule has 0 aliphatic carbocycles. The minimum atomic E-state index is 0.245. The maximum absolute atomic E-state index is 6.05. The summed E-state index contributed by atoms with van der Waals surface area (Å²) >= 11 is 9.48. The molecule has 1 N–H and O–H groups in total. The van der Waals surface area contributed by atoms with Crippen LogP contribution >= 0.6 is 34.3 Å². The van der Waals surface area contributed by atoms with E-state index in [1.54, 1.807) is 22.7 Å². The molecule has 3 heterocycles. The van der Waals surface area contributed by atoms with Crippen LogP contribution < -0.4 is 5.32 Å². The molecule has 1 aliphatic rings. The third-order valence-electron chi connectivity index (χ3n) is 3.04. The van der Waals surface area contributed by atoms with Gasteiger partial charge < -0.3 is 4.74 Å². The van der Waals surface area contributed by atoms with Crippen molar-refractivity contribution >= 4 is 34.3 Å². The van der Waals surface area contributed by atoms with Crippen LogP contribution in [0.3, 0.4) is 0 Å².